The van der Waals surface area contributed by atoms with E-state index in [1.54, 1.807) is 18.6 Å². The van der Waals surface area contributed by atoms with Gasteiger partial charge in [-0.15, -0.1) is 0 Å². The fourth-order valence-corrected chi connectivity index (χ4v) is 3.57. The molecule has 0 saturated carbocycles. The molecule has 3 aromatic rings. The van der Waals surface area contributed by atoms with Gasteiger partial charge in [-0.3, -0.25) is 9.69 Å². The molecule has 8 heteroatoms. The number of amides is 1. The van der Waals surface area contributed by atoms with Crippen molar-refractivity contribution in [1.29, 1.82) is 0 Å². The van der Waals surface area contributed by atoms with Gasteiger partial charge in [0.25, 0.3) is 0 Å². The Kier molecular flexibility index (Phi) is 3.78. The van der Waals surface area contributed by atoms with Gasteiger partial charge in [-0.25, -0.2) is 9.97 Å². The van der Waals surface area contributed by atoms with Gasteiger partial charge in [-0.2, -0.15) is 0 Å². The highest BCUT2D eigenvalue weighted by Crippen LogP contribution is 2.28. The lowest BCUT2D eigenvalue weighted by Crippen LogP contribution is -2.21. The standard InChI is InChI=1S/C17H20N6O2/c1-21-6-11(20-10-21)7-22-8-14(15(24)9-22)23-5-3-13-12(16(18)25)2-4-19-17(13)23/h2-6,10,14-15,24H,7-9H2,1H3,(H2,18,25)/t14-,15-/m1/s1. The van der Waals surface area contributed by atoms with E-state index in [1.165, 1.54) is 0 Å². The summed E-state index contributed by atoms with van der Waals surface area (Å²) < 4.78 is 3.85. The average Bonchev–Trinajstić information content (AvgIpc) is 3.26. The first kappa shape index (κ1) is 15.8. The second-order valence-electron chi connectivity index (χ2n) is 6.54. The number of carbonyl (C=O) groups excluding carboxylic acids is 1. The molecule has 1 aliphatic heterocycles. The molecule has 0 radical (unpaired) electrons. The number of primary amides is 1. The number of aryl methyl sites for hydroxylation is 1. The first-order valence-corrected chi connectivity index (χ1v) is 8.15. The first-order valence-electron chi connectivity index (χ1n) is 8.15. The SMILES string of the molecule is Cn1cnc(CN2C[C@@H](O)[C@H](n3ccc4c(C(N)=O)ccnc43)C2)c1. The molecule has 2 atom stereocenters. The van der Waals surface area contributed by atoms with Crippen molar-refractivity contribution in [2.75, 3.05) is 13.1 Å². The summed E-state index contributed by atoms with van der Waals surface area (Å²) in [7, 11) is 1.94. The topological polar surface area (TPSA) is 102 Å². The van der Waals surface area contributed by atoms with Crippen molar-refractivity contribution in [3.05, 3.63) is 48.3 Å². The number of hydrogen-bond acceptors (Lipinski definition) is 5. The molecule has 1 aliphatic rings. The minimum atomic E-state index is -0.515. The Morgan fingerprint density at radius 2 is 2.20 bits per heavy atom. The van der Waals surface area contributed by atoms with Gasteiger partial charge in [-0.05, 0) is 12.1 Å². The van der Waals surface area contributed by atoms with E-state index in [0.29, 0.717) is 36.2 Å². The zero-order valence-electron chi connectivity index (χ0n) is 13.9. The molecule has 0 aromatic carbocycles. The van der Waals surface area contributed by atoms with Gasteiger partial charge < -0.3 is 20.0 Å². The molecule has 0 bridgehead atoms. The van der Waals surface area contributed by atoms with Crippen molar-refractivity contribution in [1.82, 2.24) is 24.0 Å². The van der Waals surface area contributed by atoms with Crippen LogP contribution in [0.5, 0.6) is 0 Å². The zero-order valence-corrected chi connectivity index (χ0v) is 13.9. The van der Waals surface area contributed by atoms with Gasteiger partial charge in [0.2, 0.25) is 5.91 Å². The number of likely N-dealkylation sites (tertiary alicyclic amines) is 1. The summed E-state index contributed by atoms with van der Waals surface area (Å²) in [5.41, 5.74) is 7.52. The van der Waals surface area contributed by atoms with Gasteiger partial charge in [0, 0.05) is 50.7 Å². The maximum absolute atomic E-state index is 11.6. The molecular weight excluding hydrogens is 320 g/mol. The maximum atomic E-state index is 11.6. The molecule has 0 aliphatic carbocycles. The number of pyridine rings is 1. The van der Waals surface area contributed by atoms with Gasteiger partial charge in [-0.1, -0.05) is 0 Å². The molecule has 3 aromatic heterocycles. The lowest BCUT2D eigenvalue weighted by molar-refractivity contribution is 0.100. The van der Waals surface area contributed by atoms with E-state index < -0.39 is 12.0 Å². The van der Waals surface area contributed by atoms with E-state index >= 15 is 0 Å². The van der Waals surface area contributed by atoms with Gasteiger partial charge in [0.15, 0.2) is 0 Å². The van der Waals surface area contributed by atoms with Crippen molar-refractivity contribution in [2.45, 2.75) is 18.7 Å². The summed E-state index contributed by atoms with van der Waals surface area (Å²) in [4.78, 5) is 22.5. The summed E-state index contributed by atoms with van der Waals surface area (Å²) >= 11 is 0. The summed E-state index contributed by atoms with van der Waals surface area (Å²) in [6.07, 6.45) is 6.67. The van der Waals surface area contributed by atoms with Crippen LogP contribution in [0, 0.1) is 0 Å². The number of hydrogen-bond donors (Lipinski definition) is 2. The molecule has 8 nitrogen and oxygen atoms in total. The fourth-order valence-electron chi connectivity index (χ4n) is 3.57. The summed E-state index contributed by atoms with van der Waals surface area (Å²) in [6.45, 7) is 1.94. The highest BCUT2D eigenvalue weighted by atomic mass is 16.3. The maximum Gasteiger partial charge on any atom is 0.249 e. The zero-order chi connectivity index (χ0) is 17.6. The van der Waals surface area contributed by atoms with Crippen molar-refractivity contribution in [3.63, 3.8) is 0 Å². The summed E-state index contributed by atoms with van der Waals surface area (Å²) in [6, 6.07) is 3.32. The van der Waals surface area contributed by atoms with Crippen LogP contribution >= 0.6 is 0 Å². The van der Waals surface area contributed by atoms with Crippen LogP contribution in [0.25, 0.3) is 11.0 Å². The number of carbonyl (C=O) groups is 1. The van der Waals surface area contributed by atoms with Crippen LogP contribution in [-0.4, -0.2) is 54.2 Å². The second-order valence-corrected chi connectivity index (χ2v) is 6.54. The van der Waals surface area contributed by atoms with Crippen molar-refractivity contribution in [2.24, 2.45) is 12.8 Å². The molecule has 1 amide bonds. The first-order chi connectivity index (χ1) is 12.0. The highest BCUT2D eigenvalue weighted by molar-refractivity contribution is 6.04. The summed E-state index contributed by atoms with van der Waals surface area (Å²) in [5.74, 6) is -0.478. The minimum Gasteiger partial charge on any atom is -0.390 e. The van der Waals surface area contributed by atoms with E-state index in [2.05, 4.69) is 14.9 Å². The Hall–Kier alpha value is -2.71. The Balaban J connectivity index is 1.60. The number of aliphatic hydroxyl groups is 1. The summed E-state index contributed by atoms with van der Waals surface area (Å²) in [5, 5.41) is 11.3. The third-order valence-electron chi connectivity index (χ3n) is 4.72. The molecule has 3 N–H and O–H groups in total. The van der Waals surface area contributed by atoms with Crippen molar-refractivity contribution < 1.29 is 9.90 Å². The Labute approximate surface area is 144 Å². The van der Waals surface area contributed by atoms with Crippen LogP contribution in [0.15, 0.2) is 37.1 Å². The monoisotopic (exact) mass is 340 g/mol. The Morgan fingerprint density at radius 3 is 2.92 bits per heavy atom. The number of imidazole rings is 1. The quantitative estimate of drug-likeness (QED) is 0.710. The fraction of sp³-hybridized carbons (Fsp3) is 0.353. The van der Waals surface area contributed by atoms with E-state index in [1.807, 2.05) is 34.6 Å². The normalized spacial score (nSPS) is 21.2. The van der Waals surface area contributed by atoms with Crippen LogP contribution in [0.2, 0.25) is 0 Å². The van der Waals surface area contributed by atoms with Crippen LogP contribution in [-0.2, 0) is 13.6 Å². The lowest BCUT2D eigenvalue weighted by Gasteiger charge is -2.17. The second kappa shape index (κ2) is 5.98. The van der Waals surface area contributed by atoms with Crippen LogP contribution in [0.3, 0.4) is 0 Å². The number of β-amino-alcohol motifs (C(OH)–C–C–N with tert-alkyl or cyclic N) is 1. The predicted molar refractivity (Wildman–Crippen MR) is 91.8 cm³/mol. The number of nitrogens with two attached hydrogens (primary N) is 1. The van der Waals surface area contributed by atoms with E-state index in [0.717, 1.165) is 5.69 Å². The van der Waals surface area contributed by atoms with Gasteiger partial charge >= 0.3 is 0 Å². The number of aliphatic hydroxyl groups excluding tert-OH is 1. The lowest BCUT2D eigenvalue weighted by atomic mass is 10.2. The largest absolute Gasteiger partial charge is 0.390 e. The van der Waals surface area contributed by atoms with E-state index in [9.17, 15) is 9.90 Å². The van der Waals surface area contributed by atoms with Crippen LogP contribution in [0.4, 0.5) is 0 Å². The van der Waals surface area contributed by atoms with Gasteiger partial charge in [0.05, 0.1) is 29.7 Å². The number of nitrogens with zero attached hydrogens (tertiary/aromatic N) is 5. The Bertz CT molecular complexity index is 930. The molecule has 1 fully saturated rings. The van der Waals surface area contributed by atoms with Crippen LogP contribution in [0.1, 0.15) is 22.1 Å². The molecule has 130 valence electrons. The molecular formula is C17H20N6O2. The molecule has 1 saturated heterocycles. The molecule has 0 spiro atoms. The van der Waals surface area contributed by atoms with E-state index in [-0.39, 0.29) is 6.04 Å². The average molecular weight is 340 g/mol. The van der Waals surface area contributed by atoms with E-state index in [4.69, 9.17) is 5.73 Å². The van der Waals surface area contributed by atoms with Crippen molar-refractivity contribution in [3.8, 4) is 0 Å². The smallest absolute Gasteiger partial charge is 0.249 e. The third-order valence-corrected chi connectivity index (χ3v) is 4.72. The van der Waals surface area contributed by atoms with Gasteiger partial charge in [0.1, 0.15) is 5.65 Å². The number of aromatic nitrogens is 4. The minimum absolute atomic E-state index is 0.128. The molecule has 4 heterocycles. The predicted octanol–water partition coefficient (Wildman–Crippen LogP) is 0.286. The Morgan fingerprint density at radius 1 is 1.36 bits per heavy atom. The molecule has 0 unspecified atom stereocenters. The van der Waals surface area contributed by atoms with Crippen LogP contribution < -0.4 is 5.73 Å². The number of fused-ring (bicyclic) bond motifs is 1. The molecule has 25 heavy (non-hydrogen) atoms. The third kappa shape index (κ3) is 2.79. The number of rotatable bonds is 4. The molecule has 4 rings (SSSR count). The van der Waals surface area contributed by atoms with Crippen molar-refractivity contribution >= 4 is 16.9 Å². The highest BCUT2D eigenvalue weighted by Gasteiger charge is 2.33.